The third kappa shape index (κ3) is 5.32. The number of aromatic hydroxyl groups is 1. The van der Waals surface area contributed by atoms with E-state index in [2.05, 4.69) is 22.6 Å². The van der Waals surface area contributed by atoms with E-state index >= 15 is 4.39 Å². The van der Waals surface area contributed by atoms with E-state index in [9.17, 15) is 24.3 Å². The molecule has 2 aliphatic rings. The van der Waals surface area contributed by atoms with Crippen LogP contribution in [0.2, 0.25) is 15.1 Å². The van der Waals surface area contributed by atoms with E-state index < -0.39 is 44.6 Å². The molecule has 240 valence electrons. The summed E-state index contributed by atoms with van der Waals surface area (Å²) in [4.78, 5) is 39.6. The van der Waals surface area contributed by atoms with Crippen molar-refractivity contribution in [3.8, 4) is 23.1 Å². The molecule has 0 saturated carbocycles. The number of anilines is 1. The highest BCUT2D eigenvalue weighted by atomic mass is 35.5. The summed E-state index contributed by atoms with van der Waals surface area (Å²) in [6.45, 7) is 11.9. The Kier molecular flexibility index (Phi) is 9.19. The number of halogens is 5. The Balaban J connectivity index is 1.89. The first-order valence-corrected chi connectivity index (χ1v) is 15.5. The Morgan fingerprint density at radius 2 is 1.89 bits per heavy atom. The molecule has 0 spiro atoms. The van der Waals surface area contributed by atoms with Crippen molar-refractivity contribution >= 4 is 63.1 Å². The van der Waals surface area contributed by atoms with Gasteiger partial charge in [0.25, 0.3) is 5.56 Å². The molecular formula is C32H29Cl3F2N6O3. The minimum absolute atomic E-state index is 0.0200. The summed E-state index contributed by atoms with van der Waals surface area (Å²) in [5.41, 5.74) is -0.820. The number of benzene rings is 1. The Bertz CT molecular complexity index is 1940. The minimum atomic E-state index is -1.45. The van der Waals surface area contributed by atoms with Gasteiger partial charge in [-0.25, -0.2) is 13.8 Å². The lowest BCUT2D eigenvalue weighted by molar-refractivity contribution is -0.128. The average molecular weight is 690 g/mol. The van der Waals surface area contributed by atoms with Gasteiger partial charge in [-0.2, -0.15) is 5.26 Å². The van der Waals surface area contributed by atoms with E-state index in [1.807, 2.05) is 38.7 Å². The lowest BCUT2D eigenvalue weighted by Gasteiger charge is -2.41. The van der Waals surface area contributed by atoms with Gasteiger partial charge in [-0.05, 0) is 25.0 Å². The number of carbonyl (C=O) groups excluding carboxylic acids is 1. The number of phenols is 1. The van der Waals surface area contributed by atoms with E-state index in [1.165, 1.54) is 16.7 Å². The average Bonchev–Trinajstić information content (AvgIpc) is 3.02. The van der Waals surface area contributed by atoms with E-state index in [0.717, 1.165) is 0 Å². The first kappa shape index (κ1) is 33.4. The number of hydrogen-bond donors (Lipinski definition) is 1. The zero-order chi connectivity index (χ0) is 33.8. The van der Waals surface area contributed by atoms with Crippen molar-refractivity contribution in [3.63, 3.8) is 0 Å². The zero-order valence-electron chi connectivity index (χ0n) is 25.3. The number of nitrogens with zero attached hydrogens (tertiary/aromatic N) is 6. The number of amides is 1. The van der Waals surface area contributed by atoms with Crippen molar-refractivity contribution in [2.24, 2.45) is 16.8 Å². The first-order chi connectivity index (χ1) is 21.7. The number of rotatable bonds is 5. The van der Waals surface area contributed by atoms with Crippen LogP contribution in [0.5, 0.6) is 5.75 Å². The third-order valence-electron chi connectivity index (χ3n) is 8.38. The fourth-order valence-corrected chi connectivity index (χ4v) is 6.85. The van der Waals surface area contributed by atoms with Crippen molar-refractivity contribution in [1.29, 1.82) is 5.26 Å². The Labute approximate surface area is 278 Å². The van der Waals surface area contributed by atoms with Crippen molar-refractivity contribution in [2.45, 2.75) is 39.8 Å². The summed E-state index contributed by atoms with van der Waals surface area (Å²) in [7, 11) is 0. The van der Waals surface area contributed by atoms with Crippen LogP contribution in [0.4, 0.5) is 14.5 Å². The quantitative estimate of drug-likeness (QED) is 0.177. The van der Waals surface area contributed by atoms with Gasteiger partial charge in [-0.15, -0.1) is 0 Å². The molecule has 2 aliphatic heterocycles. The van der Waals surface area contributed by atoms with Crippen LogP contribution in [0, 0.1) is 34.8 Å². The minimum Gasteiger partial charge on any atom is -0.503 e. The highest BCUT2D eigenvalue weighted by Crippen LogP contribution is 2.46. The van der Waals surface area contributed by atoms with Gasteiger partial charge >= 0.3 is 0 Å². The van der Waals surface area contributed by atoms with E-state index in [4.69, 9.17) is 34.8 Å². The second-order valence-corrected chi connectivity index (χ2v) is 12.7. The van der Waals surface area contributed by atoms with Gasteiger partial charge in [-0.3, -0.25) is 19.1 Å². The van der Waals surface area contributed by atoms with Crippen molar-refractivity contribution in [2.75, 3.05) is 24.5 Å². The SMILES string of the molecule is C=CC(=O)N1CCN(c2c(C#N)c(=O)n(C3C(C(C)C)=NC=CC3C)c3nc(-c4c(F)c(O)c(F)c(Cl)c4Cl)c(Cl)cc23)C[C@H]1C. The first-order valence-electron chi connectivity index (χ1n) is 14.4. The van der Waals surface area contributed by atoms with Crippen LogP contribution in [0.15, 0.2) is 40.8 Å². The number of allylic oxidation sites excluding steroid dienone is 1. The van der Waals surface area contributed by atoms with Crippen LogP contribution in [0.1, 0.15) is 39.3 Å². The molecule has 5 rings (SSSR count). The van der Waals surface area contributed by atoms with Crippen LogP contribution in [-0.2, 0) is 4.79 Å². The summed E-state index contributed by atoms with van der Waals surface area (Å²) in [5.74, 6) is -4.92. The molecule has 1 saturated heterocycles. The predicted molar refractivity (Wildman–Crippen MR) is 176 cm³/mol. The second-order valence-electron chi connectivity index (χ2n) is 11.6. The fraction of sp³-hybridized carbons (Fsp3) is 0.344. The molecule has 1 aromatic carbocycles. The van der Waals surface area contributed by atoms with Crippen LogP contribution in [0.3, 0.4) is 0 Å². The monoisotopic (exact) mass is 688 g/mol. The maximum atomic E-state index is 15.5. The molecule has 0 radical (unpaired) electrons. The van der Waals surface area contributed by atoms with Crippen molar-refractivity contribution in [3.05, 3.63) is 73.6 Å². The van der Waals surface area contributed by atoms with Crippen molar-refractivity contribution < 1.29 is 18.7 Å². The van der Waals surface area contributed by atoms with E-state index in [1.54, 1.807) is 11.1 Å². The highest BCUT2D eigenvalue weighted by Gasteiger charge is 2.36. The molecule has 1 N–H and O–H groups in total. The maximum Gasteiger partial charge on any atom is 0.272 e. The number of aliphatic imine (C=N–C) groups is 1. The summed E-state index contributed by atoms with van der Waals surface area (Å²) in [5, 5.41) is 19.4. The maximum absolute atomic E-state index is 15.5. The summed E-state index contributed by atoms with van der Waals surface area (Å²) < 4.78 is 31.2. The summed E-state index contributed by atoms with van der Waals surface area (Å²) in [6, 6.07) is 2.50. The molecular weight excluding hydrogens is 661 g/mol. The Morgan fingerprint density at radius 1 is 1.20 bits per heavy atom. The number of fused-ring (bicyclic) bond motifs is 1. The van der Waals surface area contributed by atoms with Crippen LogP contribution in [0.25, 0.3) is 22.3 Å². The van der Waals surface area contributed by atoms with Gasteiger partial charge in [0.05, 0.1) is 38.1 Å². The molecule has 14 heteroatoms. The second kappa shape index (κ2) is 12.7. The largest absolute Gasteiger partial charge is 0.503 e. The molecule has 1 fully saturated rings. The van der Waals surface area contributed by atoms with Crippen LogP contribution < -0.4 is 10.5 Å². The summed E-state index contributed by atoms with van der Waals surface area (Å²) in [6.07, 6.45) is 4.70. The molecule has 2 aromatic heterocycles. The number of piperazine rings is 1. The molecule has 3 aromatic rings. The van der Waals surface area contributed by atoms with Crippen LogP contribution in [-0.4, -0.2) is 56.9 Å². The lowest BCUT2D eigenvalue weighted by Crippen LogP contribution is -2.54. The fourth-order valence-electron chi connectivity index (χ4n) is 6.16. The summed E-state index contributed by atoms with van der Waals surface area (Å²) >= 11 is 19.0. The number of carbonyl (C=O) groups is 1. The molecule has 1 amide bonds. The number of phenolic OH excluding ortho intramolecular Hbond substituents is 1. The number of hydrogen-bond acceptors (Lipinski definition) is 7. The Morgan fingerprint density at radius 3 is 2.50 bits per heavy atom. The number of nitriles is 1. The van der Waals surface area contributed by atoms with Gasteiger partial charge in [0.1, 0.15) is 17.3 Å². The smallest absolute Gasteiger partial charge is 0.272 e. The molecule has 0 aliphatic carbocycles. The van der Waals surface area contributed by atoms with Gasteiger partial charge in [0.2, 0.25) is 5.91 Å². The molecule has 46 heavy (non-hydrogen) atoms. The van der Waals surface area contributed by atoms with Crippen molar-refractivity contribution in [1.82, 2.24) is 14.5 Å². The molecule has 4 heterocycles. The van der Waals surface area contributed by atoms with E-state index in [-0.39, 0.29) is 71.0 Å². The van der Waals surface area contributed by atoms with Gasteiger partial charge in [0, 0.05) is 48.9 Å². The normalized spacial score (nSPS) is 19.8. The molecule has 2 unspecified atom stereocenters. The topological polar surface area (TPSA) is 115 Å². The predicted octanol–water partition coefficient (Wildman–Crippen LogP) is 6.90. The molecule has 0 bridgehead atoms. The van der Waals surface area contributed by atoms with Gasteiger partial charge < -0.3 is 14.9 Å². The third-order valence-corrected chi connectivity index (χ3v) is 9.50. The van der Waals surface area contributed by atoms with Gasteiger partial charge in [0.15, 0.2) is 17.4 Å². The Hall–Kier alpha value is -3.98. The standard InChI is InChI=1S/C32H29Cl3F2N6O3/c1-6-20(44)42-10-9-41(13-16(42)5)29-17-11-19(33)27(21-22(34)23(35)25(37)30(45)24(21)36)40-31(17)43(32(46)18(29)12-38)28-15(4)7-8-39-26(28)14(2)3/h6-8,11,14-16,28,45H,1,9-10,13H2,2-5H3/t15?,16-,28?/m1/s1. The lowest BCUT2D eigenvalue weighted by atomic mass is 9.88. The number of aromatic nitrogens is 2. The highest BCUT2D eigenvalue weighted by molar-refractivity contribution is 6.44. The molecule has 3 atom stereocenters. The van der Waals surface area contributed by atoms with E-state index in [0.29, 0.717) is 11.1 Å². The number of pyridine rings is 2. The zero-order valence-corrected chi connectivity index (χ0v) is 27.6. The van der Waals surface area contributed by atoms with Crippen LogP contribution >= 0.6 is 34.8 Å². The van der Waals surface area contributed by atoms with Gasteiger partial charge in [-0.1, -0.05) is 68.2 Å². The molecule has 9 nitrogen and oxygen atoms in total.